The predicted octanol–water partition coefficient (Wildman–Crippen LogP) is 1.64. The standard InChI is InChI=1S/C10H14BrN3/c1-8-6-12-4-5-14(8)10-3-2-9(11)7-13-10/h2-3,7-8,12H,4-6H2,1H3/t8-/m1/s1. The summed E-state index contributed by atoms with van der Waals surface area (Å²) in [5.74, 6) is 1.07. The lowest BCUT2D eigenvalue weighted by molar-refractivity contribution is 0.497. The Labute approximate surface area is 92.6 Å². The van der Waals surface area contributed by atoms with Crippen molar-refractivity contribution in [2.24, 2.45) is 0 Å². The van der Waals surface area contributed by atoms with E-state index in [2.05, 4.69) is 44.1 Å². The Kier molecular flexibility index (Phi) is 3.03. The van der Waals surface area contributed by atoms with Gasteiger partial charge in [0.25, 0.3) is 0 Å². The van der Waals surface area contributed by atoms with Crippen LogP contribution in [0.1, 0.15) is 6.92 Å². The van der Waals surface area contributed by atoms with Crippen molar-refractivity contribution < 1.29 is 0 Å². The molecule has 1 aromatic heterocycles. The van der Waals surface area contributed by atoms with Gasteiger partial charge in [-0.25, -0.2) is 4.98 Å². The molecule has 0 radical (unpaired) electrons. The second kappa shape index (κ2) is 4.28. The van der Waals surface area contributed by atoms with Crippen molar-refractivity contribution in [2.75, 3.05) is 24.5 Å². The van der Waals surface area contributed by atoms with Crippen LogP contribution in [0.15, 0.2) is 22.8 Å². The molecule has 1 aliphatic heterocycles. The van der Waals surface area contributed by atoms with Gasteiger partial charge in [0.1, 0.15) is 5.82 Å². The maximum Gasteiger partial charge on any atom is 0.128 e. The molecule has 1 fully saturated rings. The molecule has 0 unspecified atom stereocenters. The fraction of sp³-hybridized carbons (Fsp3) is 0.500. The molecule has 1 aliphatic rings. The number of nitrogens with one attached hydrogen (secondary N) is 1. The van der Waals surface area contributed by atoms with E-state index in [-0.39, 0.29) is 0 Å². The Balaban J connectivity index is 2.16. The van der Waals surface area contributed by atoms with E-state index in [1.165, 1.54) is 0 Å². The molecule has 14 heavy (non-hydrogen) atoms. The number of piperazine rings is 1. The Morgan fingerprint density at radius 2 is 2.43 bits per heavy atom. The van der Waals surface area contributed by atoms with Gasteiger partial charge in [0, 0.05) is 36.3 Å². The van der Waals surface area contributed by atoms with Crippen LogP contribution in [0.2, 0.25) is 0 Å². The molecule has 0 saturated carbocycles. The second-order valence-corrected chi connectivity index (χ2v) is 4.50. The molecule has 0 aliphatic carbocycles. The highest BCUT2D eigenvalue weighted by molar-refractivity contribution is 9.10. The van der Waals surface area contributed by atoms with E-state index in [1.807, 2.05) is 12.3 Å². The monoisotopic (exact) mass is 255 g/mol. The van der Waals surface area contributed by atoms with Crippen molar-refractivity contribution in [3.63, 3.8) is 0 Å². The summed E-state index contributed by atoms with van der Waals surface area (Å²) in [6, 6.07) is 4.63. The molecule has 4 heteroatoms. The van der Waals surface area contributed by atoms with Crippen LogP contribution in [0, 0.1) is 0 Å². The maximum atomic E-state index is 4.40. The largest absolute Gasteiger partial charge is 0.351 e. The first-order chi connectivity index (χ1) is 6.77. The first kappa shape index (κ1) is 9.93. The summed E-state index contributed by atoms with van der Waals surface area (Å²) in [7, 11) is 0. The number of hydrogen-bond acceptors (Lipinski definition) is 3. The van der Waals surface area contributed by atoms with Crippen molar-refractivity contribution in [1.82, 2.24) is 10.3 Å². The van der Waals surface area contributed by atoms with E-state index in [0.717, 1.165) is 29.9 Å². The number of halogens is 1. The first-order valence-corrected chi connectivity index (χ1v) is 5.65. The summed E-state index contributed by atoms with van der Waals surface area (Å²) >= 11 is 3.39. The van der Waals surface area contributed by atoms with Gasteiger partial charge in [-0.05, 0) is 35.0 Å². The predicted molar refractivity (Wildman–Crippen MR) is 61.6 cm³/mol. The van der Waals surface area contributed by atoms with E-state index in [4.69, 9.17) is 0 Å². The van der Waals surface area contributed by atoms with E-state index in [9.17, 15) is 0 Å². The lowest BCUT2D eigenvalue weighted by Gasteiger charge is -2.34. The summed E-state index contributed by atoms with van der Waals surface area (Å²) < 4.78 is 1.03. The molecule has 3 nitrogen and oxygen atoms in total. The van der Waals surface area contributed by atoms with Crippen molar-refractivity contribution in [2.45, 2.75) is 13.0 Å². The van der Waals surface area contributed by atoms with Crippen molar-refractivity contribution in [1.29, 1.82) is 0 Å². The van der Waals surface area contributed by atoms with Crippen LogP contribution >= 0.6 is 15.9 Å². The minimum Gasteiger partial charge on any atom is -0.351 e. The lowest BCUT2D eigenvalue weighted by Crippen LogP contribution is -2.50. The zero-order chi connectivity index (χ0) is 9.97. The van der Waals surface area contributed by atoms with Crippen LogP contribution in [-0.2, 0) is 0 Å². The Hall–Kier alpha value is -0.610. The van der Waals surface area contributed by atoms with Crippen LogP contribution in [-0.4, -0.2) is 30.7 Å². The molecule has 0 amide bonds. The van der Waals surface area contributed by atoms with E-state index < -0.39 is 0 Å². The maximum absolute atomic E-state index is 4.40. The smallest absolute Gasteiger partial charge is 0.128 e. The Bertz CT molecular complexity index is 299. The molecular weight excluding hydrogens is 242 g/mol. The van der Waals surface area contributed by atoms with E-state index >= 15 is 0 Å². The second-order valence-electron chi connectivity index (χ2n) is 3.58. The normalized spacial score (nSPS) is 22.4. The Morgan fingerprint density at radius 3 is 3.07 bits per heavy atom. The third-order valence-corrected chi connectivity index (χ3v) is 2.98. The zero-order valence-corrected chi connectivity index (χ0v) is 9.79. The van der Waals surface area contributed by atoms with Gasteiger partial charge in [-0.2, -0.15) is 0 Å². The van der Waals surface area contributed by atoms with Crippen molar-refractivity contribution in [3.8, 4) is 0 Å². The van der Waals surface area contributed by atoms with Crippen LogP contribution < -0.4 is 10.2 Å². The van der Waals surface area contributed by atoms with Gasteiger partial charge < -0.3 is 10.2 Å². The summed E-state index contributed by atoms with van der Waals surface area (Å²) in [5, 5.41) is 3.37. The molecule has 1 atom stereocenters. The molecular formula is C10H14BrN3. The number of hydrogen-bond donors (Lipinski definition) is 1. The first-order valence-electron chi connectivity index (χ1n) is 4.86. The third kappa shape index (κ3) is 2.07. The summed E-state index contributed by atoms with van der Waals surface area (Å²) in [6.07, 6.45) is 1.85. The number of rotatable bonds is 1. The molecule has 1 saturated heterocycles. The van der Waals surface area contributed by atoms with Crippen LogP contribution in [0.4, 0.5) is 5.82 Å². The van der Waals surface area contributed by atoms with Crippen LogP contribution in [0.3, 0.4) is 0 Å². The third-order valence-electron chi connectivity index (χ3n) is 2.51. The average molecular weight is 256 g/mol. The van der Waals surface area contributed by atoms with Gasteiger partial charge in [0.2, 0.25) is 0 Å². The topological polar surface area (TPSA) is 28.2 Å². The number of pyridine rings is 1. The molecule has 0 bridgehead atoms. The molecule has 1 N–H and O–H groups in total. The van der Waals surface area contributed by atoms with Gasteiger partial charge in [-0.1, -0.05) is 0 Å². The zero-order valence-electron chi connectivity index (χ0n) is 8.20. The highest BCUT2D eigenvalue weighted by Crippen LogP contribution is 2.17. The molecule has 1 aromatic rings. The van der Waals surface area contributed by atoms with Crippen LogP contribution in [0.5, 0.6) is 0 Å². The van der Waals surface area contributed by atoms with Gasteiger partial charge in [0.15, 0.2) is 0 Å². The van der Waals surface area contributed by atoms with E-state index in [0.29, 0.717) is 6.04 Å². The van der Waals surface area contributed by atoms with Crippen molar-refractivity contribution in [3.05, 3.63) is 22.8 Å². The van der Waals surface area contributed by atoms with Crippen molar-refractivity contribution >= 4 is 21.7 Å². The minimum absolute atomic E-state index is 0.525. The molecule has 0 spiro atoms. The van der Waals surface area contributed by atoms with E-state index in [1.54, 1.807) is 0 Å². The summed E-state index contributed by atoms with van der Waals surface area (Å²) in [6.45, 7) is 5.34. The number of aromatic nitrogens is 1. The molecule has 2 heterocycles. The lowest BCUT2D eigenvalue weighted by atomic mass is 10.2. The van der Waals surface area contributed by atoms with Gasteiger partial charge >= 0.3 is 0 Å². The van der Waals surface area contributed by atoms with Gasteiger partial charge in [-0.3, -0.25) is 0 Å². The fourth-order valence-electron chi connectivity index (χ4n) is 1.72. The molecule has 76 valence electrons. The summed E-state index contributed by atoms with van der Waals surface area (Å²) in [5.41, 5.74) is 0. The average Bonchev–Trinajstić information content (AvgIpc) is 2.20. The van der Waals surface area contributed by atoms with Gasteiger partial charge in [-0.15, -0.1) is 0 Å². The Morgan fingerprint density at radius 1 is 1.57 bits per heavy atom. The highest BCUT2D eigenvalue weighted by atomic mass is 79.9. The quantitative estimate of drug-likeness (QED) is 0.828. The SMILES string of the molecule is C[C@@H]1CNCCN1c1ccc(Br)cn1. The summed E-state index contributed by atoms with van der Waals surface area (Å²) in [4.78, 5) is 6.74. The number of nitrogens with zero attached hydrogens (tertiary/aromatic N) is 2. The minimum atomic E-state index is 0.525. The molecule has 2 rings (SSSR count). The van der Waals surface area contributed by atoms with Gasteiger partial charge in [0.05, 0.1) is 0 Å². The fourth-order valence-corrected chi connectivity index (χ4v) is 1.95. The number of anilines is 1. The molecule has 0 aromatic carbocycles. The highest BCUT2D eigenvalue weighted by Gasteiger charge is 2.18. The van der Waals surface area contributed by atoms with Crippen LogP contribution in [0.25, 0.3) is 0 Å².